The van der Waals surface area contributed by atoms with Crippen molar-refractivity contribution < 1.29 is 0 Å². The molecular weight excluding hydrogens is 278 g/mol. The molecule has 6 nitrogen and oxygen atoms in total. The van der Waals surface area contributed by atoms with Crippen molar-refractivity contribution in [2.24, 2.45) is 7.05 Å². The van der Waals surface area contributed by atoms with Gasteiger partial charge in [-0.3, -0.25) is 9.36 Å². The summed E-state index contributed by atoms with van der Waals surface area (Å²) < 4.78 is 5.38. The lowest BCUT2D eigenvalue weighted by molar-refractivity contribution is 0.813. The van der Waals surface area contributed by atoms with Crippen molar-refractivity contribution in [3.8, 4) is 0 Å². The summed E-state index contributed by atoms with van der Waals surface area (Å²) in [7, 11) is 1.88. The van der Waals surface area contributed by atoms with E-state index in [1.807, 2.05) is 53.4 Å². The van der Waals surface area contributed by atoms with Crippen LogP contribution in [0.4, 0.5) is 0 Å². The average molecular weight is 293 g/mol. The number of benzene rings is 1. The van der Waals surface area contributed by atoms with Crippen molar-refractivity contribution in [2.45, 2.75) is 13.5 Å². The highest BCUT2D eigenvalue weighted by Crippen LogP contribution is 2.14. The molecule has 0 amide bonds. The van der Waals surface area contributed by atoms with Crippen LogP contribution in [-0.4, -0.2) is 23.5 Å². The number of rotatable bonds is 2. The Morgan fingerprint density at radius 2 is 1.91 bits per heavy atom. The number of nitrogens with zero attached hydrogens (tertiary/aromatic N) is 5. The molecule has 4 aromatic rings. The van der Waals surface area contributed by atoms with E-state index in [1.165, 1.54) is 0 Å². The van der Waals surface area contributed by atoms with Gasteiger partial charge in [-0.25, -0.2) is 14.4 Å². The third kappa shape index (κ3) is 1.70. The second kappa shape index (κ2) is 4.56. The molecule has 0 N–H and O–H groups in total. The van der Waals surface area contributed by atoms with Crippen LogP contribution >= 0.6 is 0 Å². The number of imidazole rings is 2. The molecule has 3 aromatic heterocycles. The first-order valence-corrected chi connectivity index (χ1v) is 7.08. The molecule has 0 saturated heterocycles. The number of fused-ring (bicyclic) bond motifs is 2. The standard InChI is InChI=1S/C16H15N5O/c1-11-8-17-16-19(2)14-13(15(22)21(11)16)20(10-18-14)9-12-6-4-3-5-7-12/h3-8,10H,9H2,1-2H3. The third-order valence-corrected chi connectivity index (χ3v) is 3.96. The van der Waals surface area contributed by atoms with E-state index in [-0.39, 0.29) is 5.56 Å². The Hall–Kier alpha value is -2.89. The molecule has 3 heterocycles. The molecule has 0 aliphatic carbocycles. The minimum atomic E-state index is -0.0773. The van der Waals surface area contributed by atoms with Gasteiger partial charge in [0, 0.05) is 19.3 Å². The molecule has 0 atom stereocenters. The van der Waals surface area contributed by atoms with Gasteiger partial charge in [0.1, 0.15) is 0 Å². The predicted molar refractivity (Wildman–Crippen MR) is 84.0 cm³/mol. The zero-order valence-electron chi connectivity index (χ0n) is 12.4. The fourth-order valence-electron chi connectivity index (χ4n) is 2.85. The minimum Gasteiger partial charge on any atom is -0.320 e. The van der Waals surface area contributed by atoms with Crippen molar-refractivity contribution in [3.63, 3.8) is 0 Å². The molecular formula is C16H15N5O. The van der Waals surface area contributed by atoms with Gasteiger partial charge in [-0.1, -0.05) is 30.3 Å². The van der Waals surface area contributed by atoms with Crippen LogP contribution in [0.15, 0.2) is 47.7 Å². The molecule has 0 saturated carbocycles. The smallest absolute Gasteiger partial charge is 0.285 e. The largest absolute Gasteiger partial charge is 0.320 e. The van der Waals surface area contributed by atoms with E-state index in [9.17, 15) is 4.79 Å². The van der Waals surface area contributed by atoms with Gasteiger partial charge in [0.15, 0.2) is 11.2 Å². The normalized spacial score (nSPS) is 11.5. The van der Waals surface area contributed by atoms with Gasteiger partial charge in [-0.05, 0) is 12.5 Å². The number of aromatic nitrogens is 5. The molecule has 22 heavy (non-hydrogen) atoms. The number of hydrogen-bond donors (Lipinski definition) is 0. The summed E-state index contributed by atoms with van der Waals surface area (Å²) in [5, 5.41) is 0. The van der Waals surface area contributed by atoms with Gasteiger partial charge in [-0.15, -0.1) is 0 Å². The topological polar surface area (TPSA) is 57.1 Å². The van der Waals surface area contributed by atoms with Crippen LogP contribution in [0.3, 0.4) is 0 Å². The quantitative estimate of drug-likeness (QED) is 0.565. The van der Waals surface area contributed by atoms with Gasteiger partial charge in [0.05, 0.1) is 12.5 Å². The zero-order valence-corrected chi connectivity index (χ0v) is 12.4. The lowest BCUT2D eigenvalue weighted by Crippen LogP contribution is -2.21. The first-order valence-electron chi connectivity index (χ1n) is 7.08. The molecule has 1 aromatic carbocycles. The molecule has 0 bridgehead atoms. The molecule has 4 rings (SSSR count). The summed E-state index contributed by atoms with van der Waals surface area (Å²) in [5.74, 6) is 0.611. The Balaban J connectivity index is 2.02. The molecule has 0 aliphatic rings. The van der Waals surface area contributed by atoms with Crippen LogP contribution in [0.25, 0.3) is 16.9 Å². The summed E-state index contributed by atoms with van der Waals surface area (Å²) in [4.78, 5) is 21.5. The van der Waals surface area contributed by atoms with Crippen LogP contribution < -0.4 is 5.56 Å². The van der Waals surface area contributed by atoms with Crippen molar-refractivity contribution in [1.82, 2.24) is 23.5 Å². The summed E-state index contributed by atoms with van der Waals surface area (Å²) in [6.07, 6.45) is 3.42. The lowest BCUT2D eigenvalue weighted by atomic mass is 10.2. The highest BCUT2D eigenvalue weighted by atomic mass is 16.1. The fourth-order valence-corrected chi connectivity index (χ4v) is 2.85. The molecule has 0 spiro atoms. The van der Waals surface area contributed by atoms with Crippen LogP contribution in [0.2, 0.25) is 0 Å². The van der Waals surface area contributed by atoms with E-state index >= 15 is 0 Å². The second-order valence-corrected chi connectivity index (χ2v) is 5.43. The van der Waals surface area contributed by atoms with Gasteiger partial charge in [-0.2, -0.15) is 0 Å². The van der Waals surface area contributed by atoms with Gasteiger partial charge < -0.3 is 4.57 Å². The van der Waals surface area contributed by atoms with Crippen molar-refractivity contribution in [1.29, 1.82) is 0 Å². The Labute approximate surface area is 126 Å². The van der Waals surface area contributed by atoms with E-state index in [1.54, 1.807) is 16.9 Å². The summed E-state index contributed by atoms with van der Waals surface area (Å²) in [6, 6.07) is 10.0. The monoisotopic (exact) mass is 293 g/mol. The first-order chi connectivity index (χ1) is 10.7. The van der Waals surface area contributed by atoms with Crippen molar-refractivity contribution in [2.75, 3.05) is 0 Å². The van der Waals surface area contributed by atoms with E-state index in [0.717, 1.165) is 11.3 Å². The highest BCUT2D eigenvalue weighted by molar-refractivity contribution is 5.73. The molecule has 0 radical (unpaired) electrons. The minimum absolute atomic E-state index is 0.0773. The molecule has 0 aliphatic heterocycles. The second-order valence-electron chi connectivity index (χ2n) is 5.43. The van der Waals surface area contributed by atoms with Gasteiger partial charge in [0.25, 0.3) is 5.56 Å². The highest BCUT2D eigenvalue weighted by Gasteiger charge is 2.16. The Morgan fingerprint density at radius 3 is 2.68 bits per heavy atom. The Kier molecular flexibility index (Phi) is 2.66. The van der Waals surface area contributed by atoms with Crippen LogP contribution in [0, 0.1) is 6.92 Å². The van der Waals surface area contributed by atoms with E-state index in [0.29, 0.717) is 23.5 Å². The van der Waals surface area contributed by atoms with Gasteiger partial charge in [0.2, 0.25) is 5.78 Å². The first kappa shape index (κ1) is 12.8. The van der Waals surface area contributed by atoms with Crippen molar-refractivity contribution >= 4 is 16.9 Å². The van der Waals surface area contributed by atoms with Crippen LogP contribution in [0.1, 0.15) is 11.3 Å². The van der Waals surface area contributed by atoms with Crippen LogP contribution in [0.5, 0.6) is 0 Å². The number of aryl methyl sites for hydroxylation is 2. The molecule has 0 unspecified atom stereocenters. The summed E-state index contributed by atoms with van der Waals surface area (Å²) in [6.45, 7) is 2.50. The number of hydrogen-bond acceptors (Lipinski definition) is 3. The maximum Gasteiger partial charge on any atom is 0.285 e. The molecule has 6 heteroatoms. The van der Waals surface area contributed by atoms with Crippen LogP contribution in [-0.2, 0) is 13.6 Å². The van der Waals surface area contributed by atoms with Crippen molar-refractivity contribution in [3.05, 3.63) is 64.5 Å². The summed E-state index contributed by atoms with van der Waals surface area (Å²) >= 11 is 0. The Bertz CT molecular complexity index is 1040. The maximum absolute atomic E-state index is 12.8. The molecule has 0 fully saturated rings. The predicted octanol–water partition coefficient (Wildman–Crippen LogP) is 1.74. The Morgan fingerprint density at radius 1 is 1.14 bits per heavy atom. The third-order valence-electron chi connectivity index (χ3n) is 3.96. The molecule has 110 valence electrons. The zero-order chi connectivity index (χ0) is 15.3. The van der Waals surface area contributed by atoms with E-state index in [4.69, 9.17) is 0 Å². The maximum atomic E-state index is 12.8. The van der Waals surface area contributed by atoms with E-state index in [2.05, 4.69) is 9.97 Å². The average Bonchev–Trinajstić information content (AvgIpc) is 3.11. The fraction of sp³-hybridized carbons (Fsp3) is 0.188. The van der Waals surface area contributed by atoms with Gasteiger partial charge >= 0.3 is 0 Å². The summed E-state index contributed by atoms with van der Waals surface area (Å²) in [5.41, 5.74) is 3.13. The SMILES string of the molecule is Cc1cnc2n(C)c3ncn(Cc4ccccc4)c3c(=O)n12. The van der Waals surface area contributed by atoms with E-state index < -0.39 is 0 Å². The lowest BCUT2D eigenvalue weighted by Gasteiger charge is -2.07.